The lowest BCUT2D eigenvalue weighted by molar-refractivity contribution is -0.141. The Morgan fingerprint density at radius 2 is 2.12 bits per heavy atom. The number of amides is 2. The summed E-state index contributed by atoms with van der Waals surface area (Å²) in [6.45, 7) is 2.62. The lowest BCUT2D eigenvalue weighted by Gasteiger charge is -2.15. The van der Waals surface area contributed by atoms with Crippen molar-refractivity contribution in [1.29, 1.82) is 0 Å². The number of benzene rings is 1. The predicted molar refractivity (Wildman–Crippen MR) is 85.3 cm³/mol. The van der Waals surface area contributed by atoms with Gasteiger partial charge < -0.3 is 19.9 Å². The number of alkyl halides is 3. The molecule has 2 amide bonds. The van der Waals surface area contributed by atoms with Crippen molar-refractivity contribution >= 4 is 17.0 Å². The largest absolute Gasteiger partial charge is 0.493 e. The number of hydrogen-bond donors (Lipinski definition) is 1. The van der Waals surface area contributed by atoms with E-state index in [2.05, 4.69) is 5.16 Å². The number of nitrogens with two attached hydrogens (primary N) is 1. The normalized spacial score (nSPS) is 11.7. The Bertz CT molecular complexity index is 743. The van der Waals surface area contributed by atoms with Crippen molar-refractivity contribution in [2.24, 2.45) is 5.73 Å². The van der Waals surface area contributed by atoms with Crippen molar-refractivity contribution in [1.82, 2.24) is 10.1 Å². The number of nitrogens with zero attached hydrogens (tertiary/aromatic N) is 2. The third kappa shape index (κ3) is 4.34. The Kier molecular flexibility index (Phi) is 5.76. The third-order valence-electron chi connectivity index (χ3n) is 3.74. The van der Waals surface area contributed by atoms with E-state index in [1.54, 1.807) is 7.05 Å². The van der Waals surface area contributed by atoms with Gasteiger partial charge in [0.1, 0.15) is 5.75 Å². The van der Waals surface area contributed by atoms with E-state index in [9.17, 15) is 18.0 Å². The van der Waals surface area contributed by atoms with Crippen LogP contribution in [0.5, 0.6) is 5.75 Å². The van der Waals surface area contributed by atoms with E-state index < -0.39 is 17.9 Å². The Morgan fingerprint density at radius 3 is 2.72 bits per heavy atom. The second-order valence-corrected chi connectivity index (χ2v) is 5.66. The zero-order valence-electron chi connectivity index (χ0n) is 14.0. The van der Waals surface area contributed by atoms with Crippen LogP contribution in [0, 0.1) is 0 Å². The van der Waals surface area contributed by atoms with Crippen LogP contribution in [0.15, 0.2) is 16.7 Å². The van der Waals surface area contributed by atoms with Crippen LogP contribution < -0.4 is 10.5 Å². The molecule has 0 spiro atoms. The maximum Gasteiger partial charge on any atom is 0.437 e. The third-order valence-corrected chi connectivity index (χ3v) is 3.74. The van der Waals surface area contributed by atoms with Crippen molar-refractivity contribution in [3.05, 3.63) is 23.4 Å². The van der Waals surface area contributed by atoms with Crippen LogP contribution in [0.3, 0.4) is 0 Å². The summed E-state index contributed by atoms with van der Waals surface area (Å²) >= 11 is 0. The van der Waals surface area contributed by atoms with Crippen LogP contribution in [0.2, 0.25) is 0 Å². The second kappa shape index (κ2) is 7.62. The topological polar surface area (TPSA) is 81.6 Å². The lowest BCUT2D eigenvalue weighted by Crippen LogP contribution is -2.33. The highest BCUT2D eigenvalue weighted by atomic mass is 19.4. The molecule has 0 bridgehead atoms. The molecule has 2 N–H and O–H groups in total. The Labute approximate surface area is 142 Å². The van der Waals surface area contributed by atoms with E-state index >= 15 is 0 Å². The summed E-state index contributed by atoms with van der Waals surface area (Å²) < 4.78 is 49.5. The summed E-state index contributed by atoms with van der Waals surface area (Å²) in [4.78, 5) is 12.3. The zero-order valence-corrected chi connectivity index (χ0v) is 14.0. The van der Waals surface area contributed by atoms with Crippen molar-refractivity contribution in [2.75, 3.05) is 20.2 Å². The average molecular weight is 359 g/mol. The number of rotatable bonds is 7. The molecule has 9 heteroatoms. The number of fused-ring (bicyclic) bond motifs is 1. The van der Waals surface area contributed by atoms with Crippen LogP contribution in [-0.4, -0.2) is 36.3 Å². The average Bonchev–Trinajstić information content (AvgIpc) is 2.97. The number of aryl methyl sites for hydroxylation is 1. The van der Waals surface area contributed by atoms with E-state index in [0.29, 0.717) is 43.7 Å². The molecule has 138 valence electrons. The molecule has 0 atom stereocenters. The number of aromatic nitrogens is 1. The molecule has 2 rings (SSSR count). The van der Waals surface area contributed by atoms with Crippen molar-refractivity contribution in [3.63, 3.8) is 0 Å². The number of carbonyl (C=O) groups excluding carboxylic acids is 1. The number of primary amides is 1. The maximum atomic E-state index is 13.0. The molecule has 0 aliphatic rings. The molecule has 0 aliphatic carbocycles. The molecule has 0 fully saturated rings. The van der Waals surface area contributed by atoms with Gasteiger partial charge in [0.2, 0.25) is 0 Å². The SMILES string of the molecule is CCCc1c(OCCCN(C)C(N)=O)ccc2c(C(F)(F)F)noc12. The second-order valence-electron chi connectivity index (χ2n) is 5.66. The Morgan fingerprint density at radius 1 is 1.40 bits per heavy atom. The fraction of sp³-hybridized carbons (Fsp3) is 0.500. The summed E-state index contributed by atoms with van der Waals surface area (Å²) in [5.74, 6) is 0.459. The standard InChI is InChI=1S/C16H20F3N3O3/c1-3-5-10-12(24-9-4-8-22(2)15(20)23)7-6-11-13(10)25-21-14(11)16(17,18)19/h6-7H,3-5,8-9H2,1-2H3,(H2,20,23). The maximum absolute atomic E-state index is 13.0. The van der Waals surface area contributed by atoms with Gasteiger partial charge >= 0.3 is 12.2 Å². The Hall–Kier alpha value is -2.45. The Balaban J connectivity index is 2.19. The van der Waals surface area contributed by atoms with E-state index in [1.807, 2.05) is 6.92 Å². The molecular formula is C16H20F3N3O3. The van der Waals surface area contributed by atoms with Gasteiger partial charge in [0, 0.05) is 19.2 Å². The first-order valence-electron chi connectivity index (χ1n) is 7.87. The van der Waals surface area contributed by atoms with E-state index in [-0.39, 0.29) is 11.0 Å². The molecule has 0 aliphatic heterocycles. The molecule has 1 aromatic heterocycles. The first-order chi connectivity index (χ1) is 11.8. The zero-order chi connectivity index (χ0) is 18.6. The smallest absolute Gasteiger partial charge is 0.437 e. The molecule has 2 aromatic rings. The molecule has 0 radical (unpaired) electrons. The molecule has 0 saturated carbocycles. The van der Waals surface area contributed by atoms with Crippen molar-refractivity contribution in [2.45, 2.75) is 32.4 Å². The fourth-order valence-electron chi connectivity index (χ4n) is 2.46. The van der Waals surface area contributed by atoms with Crippen LogP contribution in [0.1, 0.15) is 31.0 Å². The summed E-state index contributed by atoms with van der Waals surface area (Å²) in [6, 6.07) is 2.27. The minimum Gasteiger partial charge on any atom is -0.493 e. The van der Waals surface area contributed by atoms with Crippen LogP contribution in [0.4, 0.5) is 18.0 Å². The van der Waals surface area contributed by atoms with Crippen molar-refractivity contribution in [3.8, 4) is 5.75 Å². The predicted octanol–water partition coefficient (Wildman–Crippen LogP) is 3.58. The van der Waals surface area contributed by atoms with Gasteiger partial charge in [-0.3, -0.25) is 0 Å². The number of ether oxygens (including phenoxy) is 1. The van der Waals surface area contributed by atoms with Gasteiger partial charge in [-0.05, 0) is 25.0 Å². The molecule has 1 aromatic carbocycles. The minimum atomic E-state index is -4.57. The van der Waals surface area contributed by atoms with Gasteiger partial charge in [0.25, 0.3) is 0 Å². The summed E-state index contributed by atoms with van der Waals surface area (Å²) in [6.07, 6.45) is -2.83. The van der Waals surface area contributed by atoms with Crippen LogP contribution in [0.25, 0.3) is 11.0 Å². The lowest BCUT2D eigenvalue weighted by atomic mass is 10.0. The van der Waals surface area contributed by atoms with Gasteiger partial charge in [-0.25, -0.2) is 4.79 Å². The molecule has 1 heterocycles. The minimum absolute atomic E-state index is 0.0724. The van der Waals surface area contributed by atoms with Gasteiger partial charge in [-0.1, -0.05) is 18.5 Å². The summed E-state index contributed by atoms with van der Waals surface area (Å²) in [7, 11) is 1.57. The van der Waals surface area contributed by atoms with E-state index in [0.717, 1.165) is 0 Å². The highest BCUT2D eigenvalue weighted by Gasteiger charge is 2.37. The van der Waals surface area contributed by atoms with Crippen LogP contribution in [-0.2, 0) is 12.6 Å². The van der Waals surface area contributed by atoms with Gasteiger partial charge in [0.05, 0.1) is 12.0 Å². The number of halogens is 3. The molecule has 25 heavy (non-hydrogen) atoms. The highest BCUT2D eigenvalue weighted by molar-refractivity contribution is 5.85. The van der Waals surface area contributed by atoms with Crippen LogP contribution >= 0.6 is 0 Å². The van der Waals surface area contributed by atoms with Gasteiger partial charge in [0.15, 0.2) is 11.3 Å². The summed E-state index contributed by atoms with van der Waals surface area (Å²) in [5.41, 5.74) is 4.75. The molecule has 6 nitrogen and oxygen atoms in total. The molecular weight excluding hydrogens is 339 g/mol. The highest BCUT2D eigenvalue weighted by Crippen LogP contribution is 2.38. The first-order valence-corrected chi connectivity index (χ1v) is 7.87. The number of urea groups is 1. The summed E-state index contributed by atoms with van der Waals surface area (Å²) in [5, 5.41) is 3.10. The monoisotopic (exact) mass is 359 g/mol. The fourth-order valence-corrected chi connectivity index (χ4v) is 2.46. The van der Waals surface area contributed by atoms with E-state index in [1.165, 1.54) is 17.0 Å². The van der Waals surface area contributed by atoms with E-state index in [4.69, 9.17) is 15.0 Å². The van der Waals surface area contributed by atoms with Crippen molar-refractivity contribution < 1.29 is 27.2 Å². The molecule has 0 unspecified atom stereocenters. The molecule has 0 saturated heterocycles. The number of carbonyl (C=O) groups is 1. The quantitative estimate of drug-likeness (QED) is 0.766. The van der Waals surface area contributed by atoms with Gasteiger partial charge in [-0.15, -0.1) is 0 Å². The first kappa shape index (κ1) is 18.9. The van der Waals surface area contributed by atoms with Gasteiger partial charge in [-0.2, -0.15) is 13.2 Å². The number of hydrogen-bond acceptors (Lipinski definition) is 4.